The molecule has 1 aromatic heterocycles. The summed E-state index contributed by atoms with van der Waals surface area (Å²) in [5.41, 5.74) is 3.20. The summed E-state index contributed by atoms with van der Waals surface area (Å²) in [5, 5.41) is 6.02. The Labute approximate surface area is 131 Å². The first kappa shape index (κ1) is 15.9. The zero-order valence-electron chi connectivity index (χ0n) is 13.3. The molecule has 22 heavy (non-hydrogen) atoms. The lowest BCUT2D eigenvalue weighted by molar-refractivity contribution is 0.0948. The number of benzene rings is 1. The molecule has 1 aromatic carbocycles. The summed E-state index contributed by atoms with van der Waals surface area (Å²) in [6, 6.07) is 9.63. The molecule has 0 aliphatic heterocycles. The highest BCUT2D eigenvalue weighted by Crippen LogP contribution is 2.15. The molecule has 0 saturated carbocycles. The van der Waals surface area contributed by atoms with E-state index in [9.17, 15) is 4.79 Å². The van der Waals surface area contributed by atoms with E-state index in [1.807, 2.05) is 38.1 Å². The molecule has 1 heterocycles. The fraction of sp³-hybridized carbons (Fsp3) is 0.353. The molecular formula is C17H22N4O. The molecule has 0 bridgehead atoms. The normalized spacial score (nSPS) is 10.3. The molecule has 0 aliphatic carbocycles. The molecule has 2 aromatic rings. The molecule has 116 valence electrons. The number of hydrogen-bond donors (Lipinski definition) is 2. The number of aromatic nitrogens is 2. The van der Waals surface area contributed by atoms with Gasteiger partial charge in [0.15, 0.2) is 0 Å². The monoisotopic (exact) mass is 298 g/mol. The first-order valence-corrected chi connectivity index (χ1v) is 7.56. The number of carbonyl (C=O) groups is 1. The lowest BCUT2D eigenvalue weighted by Gasteiger charge is -2.09. The minimum Gasteiger partial charge on any atom is -0.351 e. The van der Waals surface area contributed by atoms with Gasteiger partial charge in [-0.15, -0.1) is 0 Å². The largest absolute Gasteiger partial charge is 0.351 e. The topological polar surface area (TPSA) is 66.9 Å². The molecule has 0 radical (unpaired) electrons. The van der Waals surface area contributed by atoms with Gasteiger partial charge in [-0.25, -0.2) is 9.97 Å². The number of unbranched alkanes of at least 4 members (excludes halogenated alkanes) is 1. The van der Waals surface area contributed by atoms with Crippen LogP contribution in [0.4, 0.5) is 11.6 Å². The van der Waals surface area contributed by atoms with Crippen molar-refractivity contribution in [2.24, 2.45) is 0 Å². The number of amides is 1. The Morgan fingerprint density at radius 1 is 1.18 bits per heavy atom. The van der Waals surface area contributed by atoms with Crippen LogP contribution in [0.25, 0.3) is 0 Å². The van der Waals surface area contributed by atoms with Gasteiger partial charge in [-0.05, 0) is 44.0 Å². The third-order valence-corrected chi connectivity index (χ3v) is 3.18. The second-order valence-corrected chi connectivity index (χ2v) is 5.32. The van der Waals surface area contributed by atoms with Crippen molar-refractivity contribution in [3.05, 3.63) is 47.3 Å². The van der Waals surface area contributed by atoms with Gasteiger partial charge < -0.3 is 10.6 Å². The summed E-state index contributed by atoms with van der Waals surface area (Å²) < 4.78 is 0. The SMILES string of the molecule is CCCCNC(=O)c1cc(C)nc(Nc2cccc(C)c2)n1. The second kappa shape index (κ2) is 7.54. The van der Waals surface area contributed by atoms with Crippen LogP contribution in [0.5, 0.6) is 0 Å². The highest BCUT2D eigenvalue weighted by Gasteiger charge is 2.10. The molecule has 0 saturated heterocycles. The van der Waals surface area contributed by atoms with Crippen LogP contribution < -0.4 is 10.6 Å². The third kappa shape index (κ3) is 4.55. The molecular weight excluding hydrogens is 276 g/mol. The zero-order chi connectivity index (χ0) is 15.9. The molecule has 0 fully saturated rings. The van der Waals surface area contributed by atoms with Gasteiger partial charge in [0.05, 0.1) is 0 Å². The lowest BCUT2D eigenvalue weighted by Crippen LogP contribution is -2.25. The number of nitrogens with one attached hydrogen (secondary N) is 2. The van der Waals surface area contributed by atoms with E-state index in [0.29, 0.717) is 18.2 Å². The Bertz CT molecular complexity index is 655. The van der Waals surface area contributed by atoms with Crippen LogP contribution in [0.3, 0.4) is 0 Å². The number of rotatable bonds is 6. The van der Waals surface area contributed by atoms with E-state index in [1.54, 1.807) is 6.07 Å². The van der Waals surface area contributed by atoms with Crippen molar-refractivity contribution >= 4 is 17.5 Å². The summed E-state index contributed by atoms with van der Waals surface area (Å²) in [6.07, 6.45) is 2.01. The Kier molecular flexibility index (Phi) is 5.47. The van der Waals surface area contributed by atoms with Crippen molar-refractivity contribution < 1.29 is 4.79 Å². The van der Waals surface area contributed by atoms with Crippen LogP contribution in [0.2, 0.25) is 0 Å². The van der Waals surface area contributed by atoms with Crippen molar-refractivity contribution in [2.45, 2.75) is 33.6 Å². The molecule has 5 nitrogen and oxygen atoms in total. The number of nitrogens with zero attached hydrogens (tertiary/aromatic N) is 2. The zero-order valence-corrected chi connectivity index (χ0v) is 13.3. The average molecular weight is 298 g/mol. The molecule has 1 amide bonds. The summed E-state index contributed by atoms with van der Waals surface area (Å²) in [6.45, 7) is 6.63. The van der Waals surface area contributed by atoms with E-state index in [4.69, 9.17) is 0 Å². The van der Waals surface area contributed by atoms with E-state index in [-0.39, 0.29) is 5.91 Å². The van der Waals surface area contributed by atoms with Crippen LogP contribution in [0, 0.1) is 13.8 Å². The minimum atomic E-state index is -0.161. The van der Waals surface area contributed by atoms with Gasteiger partial charge in [-0.2, -0.15) is 0 Å². The number of carbonyl (C=O) groups excluding carboxylic acids is 1. The molecule has 2 N–H and O–H groups in total. The van der Waals surface area contributed by atoms with Crippen LogP contribution in [0.15, 0.2) is 30.3 Å². The van der Waals surface area contributed by atoms with Gasteiger partial charge in [-0.3, -0.25) is 4.79 Å². The smallest absolute Gasteiger partial charge is 0.270 e. The van der Waals surface area contributed by atoms with Crippen molar-refractivity contribution in [2.75, 3.05) is 11.9 Å². The van der Waals surface area contributed by atoms with Crippen LogP contribution in [0.1, 0.15) is 41.5 Å². The van der Waals surface area contributed by atoms with Gasteiger partial charge in [-0.1, -0.05) is 25.5 Å². The highest BCUT2D eigenvalue weighted by atomic mass is 16.1. The van der Waals surface area contributed by atoms with Crippen molar-refractivity contribution in [1.29, 1.82) is 0 Å². The van der Waals surface area contributed by atoms with Crippen molar-refractivity contribution in [3.63, 3.8) is 0 Å². The predicted octanol–water partition coefficient (Wildman–Crippen LogP) is 3.37. The van der Waals surface area contributed by atoms with Crippen molar-refractivity contribution in [1.82, 2.24) is 15.3 Å². The standard InChI is InChI=1S/C17H22N4O/c1-4-5-9-18-16(22)15-11-13(3)19-17(21-15)20-14-8-6-7-12(2)10-14/h6-8,10-11H,4-5,9H2,1-3H3,(H,18,22)(H,19,20,21). The maximum absolute atomic E-state index is 12.1. The molecule has 0 unspecified atom stereocenters. The maximum atomic E-state index is 12.1. The fourth-order valence-electron chi connectivity index (χ4n) is 2.06. The summed E-state index contributed by atoms with van der Waals surface area (Å²) in [4.78, 5) is 20.7. The van der Waals surface area contributed by atoms with Crippen LogP contribution >= 0.6 is 0 Å². The van der Waals surface area contributed by atoms with Crippen molar-refractivity contribution in [3.8, 4) is 0 Å². The van der Waals surface area contributed by atoms with Crippen LogP contribution in [-0.4, -0.2) is 22.4 Å². The second-order valence-electron chi connectivity index (χ2n) is 5.32. The summed E-state index contributed by atoms with van der Waals surface area (Å²) >= 11 is 0. The van der Waals surface area contributed by atoms with E-state index >= 15 is 0 Å². The quantitative estimate of drug-likeness (QED) is 0.802. The molecule has 0 atom stereocenters. The number of anilines is 2. The van der Waals surface area contributed by atoms with Gasteiger partial charge >= 0.3 is 0 Å². The maximum Gasteiger partial charge on any atom is 0.270 e. The molecule has 0 aliphatic rings. The lowest BCUT2D eigenvalue weighted by atomic mass is 10.2. The summed E-state index contributed by atoms with van der Waals surface area (Å²) in [5.74, 6) is 0.275. The van der Waals surface area contributed by atoms with E-state index in [1.165, 1.54) is 0 Å². The van der Waals surface area contributed by atoms with E-state index in [0.717, 1.165) is 29.8 Å². The van der Waals surface area contributed by atoms with Gasteiger partial charge in [0, 0.05) is 17.9 Å². The average Bonchev–Trinajstić information content (AvgIpc) is 2.46. The Morgan fingerprint density at radius 3 is 2.73 bits per heavy atom. The number of aryl methyl sites for hydroxylation is 2. The van der Waals surface area contributed by atoms with Gasteiger partial charge in [0.1, 0.15) is 5.69 Å². The first-order valence-electron chi connectivity index (χ1n) is 7.56. The Hall–Kier alpha value is -2.43. The van der Waals surface area contributed by atoms with Crippen LogP contribution in [-0.2, 0) is 0 Å². The van der Waals surface area contributed by atoms with Gasteiger partial charge in [0.25, 0.3) is 5.91 Å². The molecule has 5 heteroatoms. The first-order chi connectivity index (χ1) is 10.6. The fourth-order valence-corrected chi connectivity index (χ4v) is 2.06. The Balaban J connectivity index is 2.14. The third-order valence-electron chi connectivity index (χ3n) is 3.18. The number of hydrogen-bond acceptors (Lipinski definition) is 4. The van der Waals surface area contributed by atoms with E-state index < -0.39 is 0 Å². The predicted molar refractivity (Wildman–Crippen MR) is 88.5 cm³/mol. The molecule has 2 rings (SSSR count). The molecule has 0 spiro atoms. The highest BCUT2D eigenvalue weighted by molar-refractivity contribution is 5.92. The van der Waals surface area contributed by atoms with E-state index in [2.05, 4.69) is 27.5 Å². The Morgan fingerprint density at radius 2 is 2.00 bits per heavy atom. The minimum absolute atomic E-state index is 0.161. The summed E-state index contributed by atoms with van der Waals surface area (Å²) in [7, 11) is 0. The van der Waals surface area contributed by atoms with Gasteiger partial charge in [0.2, 0.25) is 5.95 Å².